The molecular formula is C20H22BrFN2O. The highest BCUT2D eigenvalue weighted by Crippen LogP contribution is 2.38. The van der Waals surface area contributed by atoms with Crippen LogP contribution in [0, 0.1) is 17.7 Å². The smallest absolute Gasteiger partial charge is 0.169 e. The van der Waals surface area contributed by atoms with Crippen LogP contribution in [0.25, 0.3) is 10.9 Å². The predicted octanol–water partition coefficient (Wildman–Crippen LogP) is 5.72. The van der Waals surface area contributed by atoms with Crippen LogP contribution in [0.5, 0.6) is 0 Å². The molecule has 0 radical (unpaired) electrons. The van der Waals surface area contributed by atoms with Gasteiger partial charge in [-0.1, -0.05) is 6.92 Å². The summed E-state index contributed by atoms with van der Waals surface area (Å²) in [5.41, 5.74) is 2.08. The summed E-state index contributed by atoms with van der Waals surface area (Å²) < 4.78 is 14.3. The molecule has 2 aliphatic rings. The Labute approximate surface area is 155 Å². The van der Waals surface area contributed by atoms with E-state index in [1.54, 1.807) is 12.3 Å². The summed E-state index contributed by atoms with van der Waals surface area (Å²) in [6.07, 6.45) is 8.16. The molecule has 5 heteroatoms. The maximum absolute atomic E-state index is 13.9. The molecule has 0 atom stereocenters. The van der Waals surface area contributed by atoms with Gasteiger partial charge in [0.2, 0.25) is 0 Å². The minimum absolute atomic E-state index is 0.134. The monoisotopic (exact) mass is 404 g/mol. The van der Waals surface area contributed by atoms with Gasteiger partial charge in [-0.3, -0.25) is 9.78 Å². The Morgan fingerprint density at radius 2 is 1.92 bits per heavy atom. The van der Waals surface area contributed by atoms with E-state index in [1.807, 2.05) is 0 Å². The van der Waals surface area contributed by atoms with Crippen LogP contribution in [0.1, 0.15) is 55.8 Å². The van der Waals surface area contributed by atoms with E-state index in [0.717, 1.165) is 42.7 Å². The fraction of sp³-hybridized carbons (Fsp3) is 0.500. The Morgan fingerprint density at radius 3 is 2.60 bits per heavy atom. The third kappa shape index (κ3) is 3.43. The molecule has 3 nitrogen and oxygen atoms in total. The first-order chi connectivity index (χ1) is 12.0. The summed E-state index contributed by atoms with van der Waals surface area (Å²) >= 11 is 3.27. The van der Waals surface area contributed by atoms with Crippen molar-refractivity contribution in [2.24, 2.45) is 11.8 Å². The lowest BCUT2D eigenvalue weighted by atomic mass is 9.87. The van der Waals surface area contributed by atoms with Crippen molar-refractivity contribution < 1.29 is 9.18 Å². The Hall–Kier alpha value is -1.49. The lowest BCUT2D eigenvalue weighted by Crippen LogP contribution is -2.26. The van der Waals surface area contributed by atoms with Gasteiger partial charge in [0.15, 0.2) is 5.78 Å². The van der Waals surface area contributed by atoms with Crippen LogP contribution in [0.3, 0.4) is 0 Å². The van der Waals surface area contributed by atoms with E-state index in [2.05, 4.69) is 33.2 Å². The van der Waals surface area contributed by atoms with Gasteiger partial charge in [-0.25, -0.2) is 4.39 Å². The first-order valence-corrected chi connectivity index (χ1v) is 9.90. The van der Waals surface area contributed by atoms with Crippen LogP contribution < -0.4 is 5.32 Å². The molecule has 2 saturated carbocycles. The molecule has 1 heterocycles. The number of carbonyl (C=O) groups excluding carboxylic acids is 1. The third-order valence-corrected chi connectivity index (χ3v) is 6.10. The number of Topliss-reactive ketones (excluding diaryl/α,β-unsaturated/α-hetero) is 1. The van der Waals surface area contributed by atoms with Crippen LogP contribution in [0.4, 0.5) is 10.1 Å². The molecule has 0 aliphatic heterocycles. The molecule has 0 amide bonds. The molecule has 0 unspecified atom stereocenters. The number of pyridine rings is 1. The maximum atomic E-state index is 13.9. The summed E-state index contributed by atoms with van der Waals surface area (Å²) in [5.74, 6) is 0.735. The van der Waals surface area contributed by atoms with Crippen molar-refractivity contribution in [3.8, 4) is 0 Å². The fourth-order valence-corrected chi connectivity index (χ4v) is 4.05. The van der Waals surface area contributed by atoms with Gasteiger partial charge in [0.25, 0.3) is 0 Å². The van der Waals surface area contributed by atoms with Crippen molar-refractivity contribution in [3.05, 3.63) is 34.2 Å². The molecule has 0 spiro atoms. The highest BCUT2D eigenvalue weighted by atomic mass is 79.9. The molecule has 0 bridgehead atoms. The molecule has 2 aromatic rings. The molecule has 1 aromatic heterocycles. The lowest BCUT2D eigenvalue weighted by Gasteiger charge is -2.29. The van der Waals surface area contributed by atoms with Crippen LogP contribution in [-0.4, -0.2) is 16.8 Å². The number of hydrogen-bond acceptors (Lipinski definition) is 3. The minimum atomic E-state index is -0.335. The SMILES string of the molecule is C[C@H]1CC[C@H](Nc2c(C(=O)C3CC3)cnc3cc(F)c(Br)cc23)CC1. The number of carbonyl (C=O) groups is 1. The summed E-state index contributed by atoms with van der Waals surface area (Å²) in [6, 6.07) is 3.53. The van der Waals surface area contributed by atoms with Crippen LogP contribution >= 0.6 is 15.9 Å². The highest BCUT2D eigenvalue weighted by molar-refractivity contribution is 9.10. The molecule has 1 aromatic carbocycles. The number of nitrogens with zero attached hydrogens (tertiary/aromatic N) is 1. The second-order valence-electron chi connectivity index (χ2n) is 7.57. The van der Waals surface area contributed by atoms with Crippen LogP contribution in [0.2, 0.25) is 0 Å². The minimum Gasteiger partial charge on any atom is -0.381 e. The number of aromatic nitrogens is 1. The second kappa shape index (κ2) is 6.67. The van der Waals surface area contributed by atoms with Crippen molar-refractivity contribution >= 4 is 38.3 Å². The topological polar surface area (TPSA) is 42.0 Å². The fourth-order valence-electron chi connectivity index (χ4n) is 3.70. The molecule has 1 N–H and O–H groups in total. The summed E-state index contributed by atoms with van der Waals surface area (Å²) in [7, 11) is 0. The van der Waals surface area contributed by atoms with Crippen LogP contribution in [-0.2, 0) is 0 Å². The summed E-state index contributed by atoms with van der Waals surface area (Å²) in [6.45, 7) is 2.29. The number of benzene rings is 1. The molecule has 132 valence electrons. The average molecular weight is 405 g/mol. The van der Waals surface area contributed by atoms with E-state index in [1.165, 1.54) is 18.9 Å². The van der Waals surface area contributed by atoms with Crippen LogP contribution in [0.15, 0.2) is 22.8 Å². The average Bonchev–Trinajstić information content (AvgIpc) is 3.43. The number of rotatable bonds is 4. The third-order valence-electron chi connectivity index (χ3n) is 5.49. The highest BCUT2D eigenvalue weighted by Gasteiger charge is 2.33. The second-order valence-corrected chi connectivity index (χ2v) is 8.42. The van der Waals surface area contributed by atoms with E-state index in [4.69, 9.17) is 0 Å². The zero-order valence-electron chi connectivity index (χ0n) is 14.3. The largest absolute Gasteiger partial charge is 0.381 e. The van der Waals surface area contributed by atoms with Gasteiger partial charge < -0.3 is 5.32 Å². The number of nitrogens with one attached hydrogen (secondary N) is 1. The molecule has 4 rings (SSSR count). The first-order valence-electron chi connectivity index (χ1n) is 9.11. The van der Waals surface area contributed by atoms with Gasteiger partial charge in [0.05, 0.1) is 21.2 Å². The van der Waals surface area contributed by atoms with Gasteiger partial charge in [-0.05, 0) is 66.4 Å². The number of ketones is 1. The Morgan fingerprint density at radius 1 is 1.20 bits per heavy atom. The van der Waals surface area contributed by atoms with Gasteiger partial charge in [0.1, 0.15) is 5.82 Å². The van der Waals surface area contributed by atoms with Crippen molar-refractivity contribution in [2.75, 3.05) is 5.32 Å². The van der Waals surface area contributed by atoms with Gasteiger partial charge in [-0.15, -0.1) is 0 Å². The predicted molar refractivity (Wildman–Crippen MR) is 101 cm³/mol. The van der Waals surface area contributed by atoms with E-state index < -0.39 is 0 Å². The van der Waals surface area contributed by atoms with E-state index >= 15 is 0 Å². The molecule has 0 saturated heterocycles. The summed E-state index contributed by atoms with van der Waals surface area (Å²) in [5, 5.41) is 4.44. The quantitative estimate of drug-likeness (QED) is 0.662. The normalized spacial score (nSPS) is 23.6. The Kier molecular flexibility index (Phi) is 4.52. The Bertz CT molecular complexity index is 826. The summed E-state index contributed by atoms with van der Waals surface area (Å²) in [4.78, 5) is 17.1. The zero-order valence-corrected chi connectivity index (χ0v) is 15.9. The van der Waals surface area contributed by atoms with Gasteiger partial charge in [-0.2, -0.15) is 0 Å². The van der Waals surface area contributed by atoms with Crippen molar-refractivity contribution in [3.63, 3.8) is 0 Å². The maximum Gasteiger partial charge on any atom is 0.169 e. The first kappa shape index (κ1) is 17.0. The van der Waals surface area contributed by atoms with Crippen molar-refractivity contribution in [1.82, 2.24) is 4.98 Å². The zero-order chi connectivity index (χ0) is 17.6. The van der Waals surface area contributed by atoms with Gasteiger partial charge in [0, 0.05) is 29.6 Å². The Balaban J connectivity index is 1.77. The molecular weight excluding hydrogens is 383 g/mol. The number of fused-ring (bicyclic) bond motifs is 1. The van der Waals surface area contributed by atoms with E-state index in [9.17, 15) is 9.18 Å². The standard InChI is InChI=1S/C20H22BrFN2O/c1-11-2-6-13(7-3-11)24-19-14-8-16(21)17(22)9-18(14)23-10-15(19)20(25)12-4-5-12/h8-13H,2-7H2,1H3,(H,23,24)/t11-,13-. The number of halogens is 2. The van der Waals surface area contributed by atoms with Gasteiger partial charge >= 0.3 is 0 Å². The van der Waals surface area contributed by atoms with Crippen molar-refractivity contribution in [2.45, 2.75) is 51.5 Å². The van der Waals surface area contributed by atoms with E-state index in [0.29, 0.717) is 21.6 Å². The number of hydrogen-bond donors (Lipinski definition) is 1. The van der Waals surface area contributed by atoms with Crippen molar-refractivity contribution in [1.29, 1.82) is 0 Å². The molecule has 25 heavy (non-hydrogen) atoms. The molecule has 2 fully saturated rings. The number of anilines is 1. The van der Waals surface area contributed by atoms with E-state index in [-0.39, 0.29) is 17.5 Å². The lowest BCUT2D eigenvalue weighted by molar-refractivity contribution is 0.0968. The molecule has 2 aliphatic carbocycles.